The Morgan fingerprint density at radius 2 is 1.68 bits per heavy atom. The van der Waals surface area contributed by atoms with Crippen LogP contribution in [0.25, 0.3) is 0 Å². The van der Waals surface area contributed by atoms with Crippen LogP contribution in [0, 0.1) is 5.41 Å². The lowest BCUT2D eigenvalue weighted by molar-refractivity contribution is -0.123. The van der Waals surface area contributed by atoms with E-state index in [0.29, 0.717) is 12.2 Å². The first-order valence-corrected chi connectivity index (χ1v) is 9.66. The molecule has 2 aromatic carbocycles. The first kappa shape index (κ1) is 17.5. The Bertz CT molecular complexity index is 897. The SMILES string of the molecule is CC(C)(C)C(=O)Nc1ccc(S(=O)(=O)N2CCc3ccccc32)cc1. The lowest BCUT2D eigenvalue weighted by atomic mass is 9.95. The minimum absolute atomic E-state index is 0.114. The quantitative estimate of drug-likeness (QED) is 0.914. The highest BCUT2D eigenvalue weighted by Gasteiger charge is 2.30. The van der Waals surface area contributed by atoms with Gasteiger partial charge in [0, 0.05) is 17.6 Å². The van der Waals surface area contributed by atoms with Gasteiger partial charge in [0.05, 0.1) is 10.6 Å². The highest BCUT2D eigenvalue weighted by molar-refractivity contribution is 7.92. The second-order valence-electron chi connectivity index (χ2n) is 7.18. The molecule has 2 aromatic rings. The zero-order valence-corrected chi connectivity index (χ0v) is 15.4. The highest BCUT2D eigenvalue weighted by atomic mass is 32.2. The predicted molar refractivity (Wildman–Crippen MR) is 99.2 cm³/mol. The summed E-state index contributed by atoms with van der Waals surface area (Å²) in [5.41, 5.74) is 1.86. The largest absolute Gasteiger partial charge is 0.326 e. The van der Waals surface area contributed by atoms with Gasteiger partial charge in [-0.05, 0) is 42.3 Å². The van der Waals surface area contributed by atoms with E-state index in [-0.39, 0.29) is 10.8 Å². The van der Waals surface area contributed by atoms with Crippen molar-refractivity contribution >= 4 is 27.3 Å². The smallest absolute Gasteiger partial charge is 0.264 e. The molecule has 132 valence electrons. The van der Waals surface area contributed by atoms with E-state index in [0.717, 1.165) is 17.7 Å². The van der Waals surface area contributed by atoms with Gasteiger partial charge in [-0.25, -0.2) is 8.42 Å². The van der Waals surface area contributed by atoms with E-state index < -0.39 is 15.4 Å². The van der Waals surface area contributed by atoms with Crippen LogP contribution >= 0.6 is 0 Å². The molecular weight excluding hydrogens is 336 g/mol. The van der Waals surface area contributed by atoms with Gasteiger partial charge >= 0.3 is 0 Å². The maximum atomic E-state index is 12.9. The molecule has 0 unspecified atom stereocenters. The zero-order chi connectivity index (χ0) is 18.2. The Kier molecular flexibility index (Phi) is 4.33. The van der Waals surface area contributed by atoms with E-state index in [1.54, 1.807) is 12.1 Å². The third-order valence-electron chi connectivity index (χ3n) is 4.23. The van der Waals surface area contributed by atoms with Gasteiger partial charge in [-0.3, -0.25) is 9.10 Å². The molecule has 0 saturated carbocycles. The molecule has 0 fully saturated rings. The average Bonchev–Trinajstić information content (AvgIpc) is 2.99. The molecule has 6 heteroatoms. The number of hydrogen-bond donors (Lipinski definition) is 1. The Morgan fingerprint density at radius 1 is 1.04 bits per heavy atom. The summed E-state index contributed by atoms with van der Waals surface area (Å²) < 4.78 is 27.3. The van der Waals surface area contributed by atoms with E-state index in [9.17, 15) is 13.2 Å². The van der Waals surface area contributed by atoms with Crippen molar-refractivity contribution in [2.45, 2.75) is 32.1 Å². The molecule has 0 atom stereocenters. The molecule has 0 radical (unpaired) electrons. The number of rotatable bonds is 3. The number of nitrogens with one attached hydrogen (secondary N) is 1. The van der Waals surface area contributed by atoms with Gasteiger partial charge < -0.3 is 5.32 Å². The molecular formula is C19H22N2O3S. The number of amides is 1. The molecule has 0 aliphatic carbocycles. The number of hydrogen-bond acceptors (Lipinski definition) is 3. The summed E-state index contributed by atoms with van der Waals surface area (Å²) >= 11 is 0. The number of para-hydroxylation sites is 1. The topological polar surface area (TPSA) is 66.5 Å². The number of nitrogens with zero attached hydrogens (tertiary/aromatic N) is 1. The summed E-state index contributed by atoms with van der Waals surface area (Å²) in [6, 6.07) is 13.9. The number of benzene rings is 2. The van der Waals surface area contributed by atoms with Crippen LogP contribution in [0.5, 0.6) is 0 Å². The summed E-state index contributed by atoms with van der Waals surface area (Å²) in [6.07, 6.45) is 0.717. The zero-order valence-electron chi connectivity index (χ0n) is 14.6. The molecule has 0 saturated heterocycles. The first-order chi connectivity index (χ1) is 11.7. The summed E-state index contributed by atoms with van der Waals surface area (Å²) in [4.78, 5) is 12.2. The van der Waals surface area contributed by atoms with E-state index in [2.05, 4.69) is 5.32 Å². The van der Waals surface area contributed by atoms with E-state index in [4.69, 9.17) is 0 Å². The monoisotopic (exact) mass is 358 g/mol. The van der Waals surface area contributed by atoms with Crippen molar-refractivity contribution in [1.82, 2.24) is 0 Å². The summed E-state index contributed by atoms with van der Waals surface area (Å²) in [7, 11) is -3.61. The third-order valence-corrected chi connectivity index (χ3v) is 6.05. The summed E-state index contributed by atoms with van der Waals surface area (Å²) in [5.74, 6) is -0.114. The maximum absolute atomic E-state index is 12.9. The highest BCUT2D eigenvalue weighted by Crippen LogP contribution is 2.32. The molecule has 1 amide bonds. The van der Waals surface area contributed by atoms with Crippen LogP contribution in [0.3, 0.4) is 0 Å². The fraction of sp³-hybridized carbons (Fsp3) is 0.316. The second-order valence-corrected chi connectivity index (χ2v) is 9.05. The van der Waals surface area contributed by atoms with Gasteiger partial charge in [0.15, 0.2) is 0 Å². The van der Waals surface area contributed by atoms with Gasteiger partial charge in [0.25, 0.3) is 10.0 Å². The van der Waals surface area contributed by atoms with Gasteiger partial charge in [0.2, 0.25) is 5.91 Å². The minimum Gasteiger partial charge on any atom is -0.326 e. The van der Waals surface area contributed by atoms with Crippen LogP contribution in [-0.4, -0.2) is 20.9 Å². The number of sulfonamides is 1. The number of fused-ring (bicyclic) bond motifs is 1. The molecule has 0 spiro atoms. The van der Waals surface area contributed by atoms with E-state index in [1.165, 1.54) is 16.4 Å². The Hall–Kier alpha value is -2.34. The molecule has 3 rings (SSSR count). The first-order valence-electron chi connectivity index (χ1n) is 8.22. The van der Waals surface area contributed by atoms with Crippen molar-refractivity contribution in [3.63, 3.8) is 0 Å². The van der Waals surface area contributed by atoms with Crippen LogP contribution < -0.4 is 9.62 Å². The Morgan fingerprint density at radius 3 is 2.32 bits per heavy atom. The van der Waals surface area contributed by atoms with E-state index >= 15 is 0 Å². The molecule has 1 heterocycles. The van der Waals surface area contributed by atoms with Crippen molar-refractivity contribution in [1.29, 1.82) is 0 Å². The van der Waals surface area contributed by atoms with Crippen LogP contribution in [0.1, 0.15) is 26.3 Å². The van der Waals surface area contributed by atoms with Crippen molar-refractivity contribution < 1.29 is 13.2 Å². The fourth-order valence-electron chi connectivity index (χ4n) is 2.71. The average molecular weight is 358 g/mol. The second kappa shape index (κ2) is 6.19. The molecule has 1 aliphatic rings. The Balaban J connectivity index is 1.84. The van der Waals surface area contributed by atoms with E-state index in [1.807, 2.05) is 45.0 Å². The molecule has 25 heavy (non-hydrogen) atoms. The van der Waals surface area contributed by atoms with Crippen LogP contribution in [0.15, 0.2) is 53.4 Å². The molecule has 1 aliphatic heterocycles. The molecule has 1 N–H and O–H groups in total. The Labute approximate surface area is 148 Å². The lowest BCUT2D eigenvalue weighted by Gasteiger charge is -2.20. The summed E-state index contributed by atoms with van der Waals surface area (Å²) in [6.45, 7) is 5.92. The molecule has 0 aromatic heterocycles. The maximum Gasteiger partial charge on any atom is 0.264 e. The number of carbonyl (C=O) groups is 1. The predicted octanol–water partition coefficient (Wildman–Crippen LogP) is 3.42. The third kappa shape index (κ3) is 3.39. The van der Waals surface area contributed by atoms with Crippen LogP contribution in [0.2, 0.25) is 0 Å². The fourth-order valence-corrected chi connectivity index (χ4v) is 4.22. The van der Waals surface area contributed by atoms with Gasteiger partial charge in [-0.1, -0.05) is 39.0 Å². The number of carbonyl (C=O) groups excluding carboxylic acids is 1. The van der Waals surface area contributed by atoms with Crippen LogP contribution in [0.4, 0.5) is 11.4 Å². The van der Waals surface area contributed by atoms with Crippen molar-refractivity contribution in [3.05, 3.63) is 54.1 Å². The normalized spacial score (nSPS) is 14.3. The number of anilines is 2. The van der Waals surface area contributed by atoms with Crippen molar-refractivity contribution in [3.8, 4) is 0 Å². The van der Waals surface area contributed by atoms with Gasteiger partial charge in [-0.2, -0.15) is 0 Å². The molecule has 0 bridgehead atoms. The molecule has 5 nitrogen and oxygen atoms in total. The lowest BCUT2D eigenvalue weighted by Crippen LogP contribution is -2.29. The van der Waals surface area contributed by atoms with Crippen molar-refractivity contribution in [2.24, 2.45) is 5.41 Å². The summed E-state index contributed by atoms with van der Waals surface area (Å²) in [5, 5.41) is 2.80. The van der Waals surface area contributed by atoms with Gasteiger partial charge in [0.1, 0.15) is 0 Å². The standard InChI is InChI=1S/C19H22N2O3S/c1-19(2,3)18(22)20-15-8-10-16(11-9-15)25(23,24)21-13-12-14-6-4-5-7-17(14)21/h4-11H,12-13H2,1-3H3,(H,20,22). The van der Waals surface area contributed by atoms with Crippen molar-refractivity contribution in [2.75, 3.05) is 16.2 Å². The van der Waals surface area contributed by atoms with Crippen LogP contribution in [-0.2, 0) is 21.2 Å². The van der Waals surface area contributed by atoms with Gasteiger partial charge in [-0.15, -0.1) is 0 Å². The minimum atomic E-state index is -3.61.